The summed E-state index contributed by atoms with van der Waals surface area (Å²) in [5.74, 6) is 1.66. The van der Waals surface area contributed by atoms with Crippen LogP contribution in [0.5, 0.6) is 0 Å². The van der Waals surface area contributed by atoms with E-state index in [0.29, 0.717) is 6.10 Å². The molecule has 3 atom stereocenters. The van der Waals surface area contributed by atoms with E-state index >= 15 is 0 Å². The average molecular weight is 267 g/mol. The van der Waals surface area contributed by atoms with Crippen LogP contribution < -0.4 is 0 Å². The van der Waals surface area contributed by atoms with Crippen molar-refractivity contribution < 1.29 is 4.43 Å². The van der Waals surface area contributed by atoms with Crippen LogP contribution in [-0.2, 0) is 4.43 Å². The highest BCUT2D eigenvalue weighted by molar-refractivity contribution is 6.73. The van der Waals surface area contributed by atoms with E-state index < -0.39 is 8.32 Å². The van der Waals surface area contributed by atoms with Gasteiger partial charge in [0.05, 0.1) is 6.10 Å². The first-order valence-corrected chi connectivity index (χ1v) is 10.6. The second-order valence-corrected chi connectivity index (χ2v) is 10.9. The topological polar surface area (TPSA) is 9.23 Å². The molecule has 1 fully saturated rings. The number of hydrogen-bond acceptors (Lipinski definition) is 1. The molecule has 0 bridgehead atoms. The molecule has 1 nitrogen and oxygen atoms in total. The number of fused-ring (bicyclic) bond motifs is 1. The van der Waals surface area contributed by atoms with Crippen LogP contribution in [0.2, 0.25) is 18.1 Å². The Morgan fingerprint density at radius 3 is 2.44 bits per heavy atom. The van der Waals surface area contributed by atoms with E-state index in [1.165, 1.54) is 50.2 Å². The monoisotopic (exact) mass is 266 g/mol. The summed E-state index contributed by atoms with van der Waals surface area (Å²) in [6, 6.07) is 3.87. The molecule has 0 heterocycles. The van der Waals surface area contributed by atoms with Crippen molar-refractivity contribution in [3.05, 3.63) is 12.2 Å². The van der Waals surface area contributed by atoms with Crippen LogP contribution >= 0.6 is 0 Å². The van der Waals surface area contributed by atoms with Crippen LogP contribution in [0.3, 0.4) is 0 Å². The van der Waals surface area contributed by atoms with Crippen molar-refractivity contribution in [1.82, 2.24) is 0 Å². The molecular weight excluding hydrogens is 236 g/mol. The molecular formula is C16H30OSi. The summed E-state index contributed by atoms with van der Waals surface area (Å²) >= 11 is 0. The summed E-state index contributed by atoms with van der Waals surface area (Å²) in [7, 11) is -1.41. The molecule has 2 heteroatoms. The molecule has 2 aliphatic rings. The van der Waals surface area contributed by atoms with Gasteiger partial charge in [0.1, 0.15) is 0 Å². The van der Waals surface area contributed by atoms with Gasteiger partial charge in [0, 0.05) is 5.92 Å². The van der Waals surface area contributed by atoms with Gasteiger partial charge in [0.15, 0.2) is 8.32 Å². The third kappa shape index (κ3) is 2.90. The second-order valence-electron chi connectivity index (χ2n) is 6.17. The van der Waals surface area contributed by atoms with E-state index in [9.17, 15) is 0 Å². The van der Waals surface area contributed by atoms with Crippen LogP contribution in [0.1, 0.15) is 52.9 Å². The smallest absolute Gasteiger partial charge is 0.192 e. The molecule has 0 aliphatic heterocycles. The lowest BCUT2D eigenvalue weighted by molar-refractivity contribution is 0.153. The Morgan fingerprint density at radius 1 is 1.06 bits per heavy atom. The fourth-order valence-corrected chi connectivity index (χ4v) is 6.81. The third-order valence-electron chi connectivity index (χ3n) is 5.43. The number of hydrogen-bond donors (Lipinski definition) is 0. The van der Waals surface area contributed by atoms with Gasteiger partial charge in [-0.15, -0.1) is 0 Å². The summed E-state index contributed by atoms with van der Waals surface area (Å²) in [5.41, 5.74) is 0. The fourth-order valence-electron chi connectivity index (χ4n) is 3.89. The number of rotatable bonds is 5. The lowest BCUT2D eigenvalue weighted by atomic mass is 9.92. The maximum atomic E-state index is 6.76. The van der Waals surface area contributed by atoms with Crippen molar-refractivity contribution in [1.29, 1.82) is 0 Å². The molecule has 18 heavy (non-hydrogen) atoms. The molecule has 0 saturated heterocycles. The summed E-state index contributed by atoms with van der Waals surface area (Å²) in [5, 5.41) is 0. The summed E-state index contributed by atoms with van der Waals surface area (Å²) in [4.78, 5) is 0. The minimum Gasteiger partial charge on any atom is -0.413 e. The largest absolute Gasteiger partial charge is 0.413 e. The van der Waals surface area contributed by atoms with Gasteiger partial charge in [0.25, 0.3) is 0 Å². The normalized spacial score (nSPS) is 32.3. The summed E-state index contributed by atoms with van der Waals surface area (Å²) in [6.45, 7) is 7.03. The van der Waals surface area contributed by atoms with Crippen molar-refractivity contribution in [3.8, 4) is 0 Å². The average Bonchev–Trinajstić information content (AvgIpc) is 2.64. The highest BCUT2D eigenvalue weighted by Gasteiger charge is 2.40. The zero-order valence-electron chi connectivity index (χ0n) is 12.5. The van der Waals surface area contributed by atoms with Crippen LogP contribution in [0.4, 0.5) is 0 Å². The second kappa shape index (κ2) is 6.38. The molecule has 0 aromatic heterocycles. The van der Waals surface area contributed by atoms with Crippen LogP contribution in [0.15, 0.2) is 12.2 Å². The predicted octanol–water partition coefficient (Wildman–Crippen LogP) is 5.14. The first kappa shape index (κ1) is 14.3. The minimum absolute atomic E-state index is 0.552. The van der Waals surface area contributed by atoms with Gasteiger partial charge in [-0.25, -0.2) is 0 Å². The predicted molar refractivity (Wildman–Crippen MR) is 81.3 cm³/mol. The highest BCUT2D eigenvalue weighted by atomic mass is 28.4. The molecule has 0 amide bonds. The van der Waals surface area contributed by atoms with Gasteiger partial charge in [-0.1, -0.05) is 32.9 Å². The molecule has 0 radical (unpaired) electrons. The van der Waals surface area contributed by atoms with Gasteiger partial charge in [-0.2, -0.15) is 0 Å². The van der Waals surface area contributed by atoms with E-state index in [2.05, 4.69) is 32.9 Å². The zero-order valence-corrected chi connectivity index (χ0v) is 13.5. The van der Waals surface area contributed by atoms with Crippen molar-refractivity contribution in [3.63, 3.8) is 0 Å². The SMILES string of the molecule is CC[Si](CC)(CC)O[C@H]1CC[C@H]2CCCC=C[C@H]21. The molecule has 0 N–H and O–H groups in total. The Bertz CT molecular complexity index is 275. The highest BCUT2D eigenvalue weighted by Crippen LogP contribution is 2.42. The summed E-state index contributed by atoms with van der Waals surface area (Å²) in [6.07, 6.45) is 12.3. The maximum absolute atomic E-state index is 6.76. The fraction of sp³-hybridized carbons (Fsp3) is 0.875. The molecule has 0 aromatic rings. The minimum atomic E-state index is -1.41. The van der Waals surface area contributed by atoms with E-state index in [1.54, 1.807) is 0 Å². The van der Waals surface area contributed by atoms with Crippen molar-refractivity contribution >= 4 is 8.32 Å². The Kier molecular flexibility index (Phi) is 5.08. The summed E-state index contributed by atoms with van der Waals surface area (Å²) < 4.78 is 6.76. The van der Waals surface area contributed by atoms with Gasteiger partial charge in [-0.3, -0.25) is 0 Å². The lowest BCUT2D eigenvalue weighted by Gasteiger charge is -2.34. The maximum Gasteiger partial charge on any atom is 0.192 e. The molecule has 0 aromatic carbocycles. The Labute approximate surface area is 114 Å². The number of allylic oxidation sites excluding steroid dienone is 1. The van der Waals surface area contributed by atoms with Gasteiger partial charge < -0.3 is 4.43 Å². The van der Waals surface area contributed by atoms with E-state index in [4.69, 9.17) is 4.43 Å². The first-order valence-electron chi connectivity index (χ1n) is 8.09. The van der Waals surface area contributed by atoms with Gasteiger partial charge >= 0.3 is 0 Å². The molecule has 1 saturated carbocycles. The Hall–Kier alpha value is -0.0831. The lowest BCUT2D eigenvalue weighted by Crippen LogP contribution is -2.41. The van der Waals surface area contributed by atoms with E-state index in [-0.39, 0.29) is 0 Å². The Morgan fingerprint density at radius 2 is 1.78 bits per heavy atom. The van der Waals surface area contributed by atoms with Crippen molar-refractivity contribution in [2.75, 3.05) is 0 Å². The first-order chi connectivity index (χ1) is 8.74. The third-order valence-corrected chi connectivity index (χ3v) is 10.1. The van der Waals surface area contributed by atoms with Crippen LogP contribution in [0.25, 0.3) is 0 Å². The van der Waals surface area contributed by atoms with Crippen LogP contribution in [0, 0.1) is 11.8 Å². The zero-order chi connectivity index (χ0) is 13.0. The molecule has 2 rings (SSSR count). The molecule has 0 spiro atoms. The molecule has 104 valence electrons. The van der Waals surface area contributed by atoms with E-state index in [1.807, 2.05) is 0 Å². The molecule has 2 aliphatic carbocycles. The standard InChI is InChI=1S/C16H30OSi/c1-4-18(5-2,6-3)17-16-13-12-14-10-8-7-9-11-15(14)16/h9,11,14-16H,4-8,10,12-13H2,1-3H3/t14-,15-,16+/m1/s1. The van der Waals surface area contributed by atoms with Gasteiger partial charge in [-0.05, 0) is 56.2 Å². The molecule has 0 unspecified atom stereocenters. The van der Waals surface area contributed by atoms with Crippen molar-refractivity contribution in [2.45, 2.75) is 77.1 Å². The van der Waals surface area contributed by atoms with Crippen molar-refractivity contribution in [2.24, 2.45) is 11.8 Å². The Balaban J connectivity index is 2.04. The van der Waals surface area contributed by atoms with Gasteiger partial charge in [0.2, 0.25) is 0 Å². The van der Waals surface area contributed by atoms with E-state index in [0.717, 1.165) is 11.8 Å². The van der Waals surface area contributed by atoms with Crippen LogP contribution in [-0.4, -0.2) is 14.4 Å². The quantitative estimate of drug-likeness (QED) is 0.494.